The maximum atomic E-state index is 11.0. The Bertz CT molecular complexity index is 2650. The molecule has 5 aromatic carbocycles. The zero-order valence-electron chi connectivity index (χ0n) is 27.7. The number of fused-ring (bicyclic) bond motifs is 6. The van der Waals surface area contributed by atoms with Crippen LogP contribution < -0.4 is 26.1 Å². The molecule has 0 fully saturated rings. The predicted octanol–water partition coefficient (Wildman–Crippen LogP) is 4.89. The summed E-state index contributed by atoms with van der Waals surface area (Å²) in [6, 6.07) is 26.3. The van der Waals surface area contributed by atoms with Crippen LogP contribution in [0.25, 0.3) is 62.4 Å². The summed E-state index contributed by atoms with van der Waals surface area (Å²) in [6.07, 6.45) is 23.5. The second kappa shape index (κ2) is 13.8. The molecule has 0 aromatic heterocycles. The maximum Gasteiger partial charge on any atom is 0.200 e. The molecule has 0 atom stereocenters. The number of aliphatic hydroxyl groups excluding tert-OH is 2. The van der Waals surface area contributed by atoms with E-state index in [-0.39, 0.29) is 11.5 Å². The first-order valence-corrected chi connectivity index (χ1v) is 16.4. The molecule has 0 bridgehead atoms. The molecular formula is C44H36N2O4. The second-order valence-corrected chi connectivity index (χ2v) is 12.7. The fourth-order valence-corrected chi connectivity index (χ4v) is 6.37. The number of hydrogen-bond acceptors (Lipinski definition) is 4. The fourth-order valence-electron chi connectivity index (χ4n) is 6.37. The number of hydrogen-bond donors (Lipinski definition) is 3. The minimum atomic E-state index is -1.17. The zero-order chi connectivity index (χ0) is 34.8. The van der Waals surface area contributed by atoms with Crippen LogP contribution in [0.15, 0.2) is 145 Å². The molecule has 6 nitrogen and oxygen atoms in total. The van der Waals surface area contributed by atoms with Gasteiger partial charge in [-0.3, -0.25) is 0 Å². The van der Waals surface area contributed by atoms with Crippen molar-refractivity contribution in [3.63, 3.8) is 0 Å². The Morgan fingerprint density at radius 1 is 0.660 bits per heavy atom. The minimum absolute atomic E-state index is 0.0439. The van der Waals surface area contributed by atoms with Crippen LogP contribution in [-0.4, -0.2) is 40.6 Å². The smallest absolute Gasteiger partial charge is 0.200 e. The largest absolute Gasteiger partial charge is 0.632 e. The predicted molar refractivity (Wildman–Crippen MR) is 207 cm³/mol. The van der Waals surface area contributed by atoms with Crippen LogP contribution in [0, 0.1) is 10.4 Å². The quantitative estimate of drug-likeness (QED) is 0.109. The van der Waals surface area contributed by atoms with E-state index in [1.807, 2.05) is 42.5 Å². The van der Waals surface area contributed by atoms with E-state index in [4.69, 9.17) is 0 Å². The lowest BCUT2D eigenvalue weighted by Crippen LogP contribution is -3.05. The highest BCUT2D eigenvalue weighted by molar-refractivity contribution is 6.18. The number of hydroxylamine groups is 2. The van der Waals surface area contributed by atoms with Crippen LogP contribution in [0.2, 0.25) is 0 Å². The first-order valence-electron chi connectivity index (χ1n) is 16.4. The molecule has 2 aliphatic rings. The molecule has 5 aromatic rings. The molecule has 0 amide bonds. The third-order valence-electron chi connectivity index (χ3n) is 9.14. The number of aliphatic hydroxyl groups is 2. The van der Waals surface area contributed by atoms with Crippen LogP contribution >= 0.6 is 0 Å². The standard InChI is InChI=1S/C44H36N2O4/c1-45(2)38-20-24-42-35(28-38)14-12-33-26-30(10-22-40(33)42)6-4-8-44(48)36-17-23-41-34(27-36)13-11-32-25-29(9-21-39(32)41)5-3-7-43(47)31-15-18-37(19-16-31)46(49)50/h3-28,37,46-48H,1-2H3/b7-3?,8-4?,29-5?,30-6?,43-31?,44-36-. The van der Waals surface area contributed by atoms with Gasteiger partial charge in [0.2, 0.25) is 0 Å². The molecule has 246 valence electrons. The minimum Gasteiger partial charge on any atom is -0.632 e. The average Bonchev–Trinajstić information content (AvgIpc) is 3.13. The first kappa shape index (κ1) is 32.5. The lowest BCUT2D eigenvalue weighted by Gasteiger charge is -2.31. The molecule has 3 N–H and O–H groups in total. The van der Waals surface area contributed by atoms with Gasteiger partial charge in [0, 0.05) is 22.9 Å². The summed E-state index contributed by atoms with van der Waals surface area (Å²) >= 11 is 0. The lowest BCUT2D eigenvalue weighted by atomic mass is 9.97. The maximum absolute atomic E-state index is 11.0. The van der Waals surface area contributed by atoms with Crippen molar-refractivity contribution in [2.24, 2.45) is 0 Å². The summed E-state index contributed by atoms with van der Waals surface area (Å²) in [5, 5.41) is 52.8. The molecule has 2 aliphatic carbocycles. The van der Waals surface area contributed by atoms with Gasteiger partial charge in [-0.2, -0.15) is 0 Å². The van der Waals surface area contributed by atoms with Gasteiger partial charge in [0.1, 0.15) is 31.7 Å². The van der Waals surface area contributed by atoms with Crippen LogP contribution in [0.3, 0.4) is 0 Å². The third-order valence-corrected chi connectivity index (χ3v) is 9.14. The van der Waals surface area contributed by atoms with Gasteiger partial charge < -0.3 is 25.9 Å². The molecule has 0 radical (unpaired) electrons. The van der Waals surface area contributed by atoms with Gasteiger partial charge in [0.25, 0.3) is 0 Å². The Morgan fingerprint density at radius 2 is 1.24 bits per heavy atom. The summed E-state index contributed by atoms with van der Waals surface area (Å²) in [6.45, 7) is 0. The fraction of sp³-hybridized carbons (Fsp3) is 0.0682. The van der Waals surface area contributed by atoms with Crippen molar-refractivity contribution < 1.29 is 20.0 Å². The average molecular weight is 657 g/mol. The zero-order valence-corrected chi connectivity index (χ0v) is 27.7. The van der Waals surface area contributed by atoms with Gasteiger partial charge in [-0.05, 0) is 114 Å². The molecule has 7 rings (SSSR count). The molecule has 6 heteroatoms. The van der Waals surface area contributed by atoms with Crippen LogP contribution in [-0.2, 0) is 0 Å². The monoisotopic (exact) mass is 656 g/mol. The van der Waals surface area contributed by atoms with Crippen molar-refractivity contribution in [2.75, 3.05) is 14.1 Å². The van der Waals surface area contributed by atoms with Gasteiger partial charge >= 0.3 is 0 Å². The van der Waals surface area contributed by atoms with E-state index in [1.54, 1.807) is 30.4 Å². The summed E-state index contributed by atoms with van der Waals surface area (Å²) in [4.78, 5) is 0. The van der Waals surface area contributed by atoms with Crippen molar-refractivity contribution in [3.05, 3.63) is 182 Å². The number of nitrogens with zero attached hydrogens (tertiary/aromatic N) is 1. The van der Waals surface area contributed by atoms with Gasteiger partial charge in [-0.25, -0.2) is 4.58 Å². The summed E-state index contributed by atoms with van der Waals surface area (Å²) in [5.41, 5.74) is 2.95. The number of benzene rings is 5. The topological polar surface area (TPSA) is 94.0 Å². The van der Waals surface area contributed by atoms with Crippen LogP contribution in [0.4, 0.5) is 0 Å². The van der Waals surface area contributed by atoms with Crippen molar-refractivity contribution in [3.8, 4) is 0 Å². The summed E-state index contributed by atoms with van der Waals surface area (Å²) in [5.74, 6) is 0.238. The highest BCUT2D eigenvalue weighted by Gasteiger charge is 2.10. The van der Waals surface area contributed by atoms with Crippen molar-refractivity contribution >= 4 is 68.1 Å². The summed E-state index contributed by atoms with van der Waals surface area (Å²) < 4.78 is 2.11. The molecule has 0 saturated carbocycles. The normalized spacial score (nSPS) is 17.2. The van der Waals surface area contributed by atoms with Crippen molar-refractivity contribution in [1.82, 2.24) is 0 Å². The van der Waals surface area contributed by atoms with Crippen molar-refractivity contribution in [1.29, 1.82) is 0 Å². The second-order valence-electron chi connectivity index (χ2n) is 12.7. The molecule has 0 unspecified atom stereocenters. The Morgan fingerprint density at radius 3 is 1.90 bits per heavy atom. The number of quaternary nitrogens is 1. The highest BCUT2D eigenvalue weighted by Crippen LogP contribution is 2.23. The molecule has 0 spiro atoms. The highest BCUT2D eigenvalue weighted by atomic mass is 16.8. The van der Waals surface area contributed by atoms with E-state index in [9.17, 15) is 20.6 Å². The summed E-state index contributed by atoms with van der Waals surface area (Å²) in [7, 11) is 4.10. The van der Waals surface area contributed by atoms with E-state index in [0.717, 1.165) is 37.2 Å². The van der Waals surface area contributed by atoms with E-state index in [2.05, 4.69) is 91.5 Å². The Hall–Kier alpha value is -6.05. The van der Waals surface area contributed by atoms with Crippen LogP contribution in [0.1, 0.15) is 5.56 Å². The van der Waals surface area contributed by atoms with Gasteiger partial charge in [0.05, 0.1) is 0 Å². The first-order chi connectivity index (χ1) is 24.2. The van der Waals surface area contributed by atoms with Crippen molar-refractivity contribution in [2.45, 2.75) is 6.04 Å². The van der Waals surface area contributed by atoms with Crippen LogP contribution in [0.5, 0.6) is 0 Å². The van der Waals surface area contributed by atoms with Gasteiger partial charge in [-0.1, -0.05) is 85.0 Å². The Kier molecular flexibility index (Phi) is 8.98. The molecular weight excluding hydrogens is 620 g/mol. The Balaban J connectivity index is 1.11. The SMILES string of the molecule is C[N+](C)=C1C=Cc2c(ccc3cc(=CC=C/C(O)=c4\ccc5c(ccc6cc(=CC=CC(O)=C7C=CC([NH+]([O-])[O-])C=C7)ccc65)c4)ccc23)=C1. The third kappa shape index (κ3) is 6.77. The van der Waals surface area contributed by atoms with E-state index in [1.165, 1.54) is 39.4 Å². The Labute approximate surface area is 289 Å². The van der Waals surface area contributed by atoms with Gasteiger partial charge in [0.15, 0.2) is 5.71 Å². The van der Waals surface area contributed by atoms with Gasteiger partial charge in [-0.15, -0.1) is 0 Å². The number of rotatable bonds is 5. The number of allylic oxidation sites excluding steroid dienone is 7. The molecule has 0 aliphatic heterocycles. The molecule has 50 heavy (non-hydrogen) atoms. The lowest BCUT2D eigenvalue weighted by molar-refractivity contribution is -0.806. The molecule has 0 heterocycles. The van der Waals surface area contributed by atoms with E-state index < -0.39 is 11.3 Å². The van der Waals surface area contributed by atoms with E-state index in [0.29, 0.717) is 5.57 Å². The number of nitrogens with one attached hydrogen (secondary N) is 1. The molecule has 0 saturated heterocycles. The van der Waals surface area contributed by atoms with E-state index >= 15 is 0 Å².